The smallest absolute Gasteiger partial charge is 0.274 e. The summed E-state index contributed by atoms with van der Waals surface area (Å²) in [5.41, 5.74) is 5.61. The number of thioether (sulfide) groups is 1. The predicted molar refractivity (Wildman–Crippen MR) is 85.0 cm³/mol. The van der Waals surface area contributed by atoms with Gasteiger partial charge in [0.15, 0.2) is 0 Å². The van der Waals surface area contributed by atoms with Crippen LogP contribution in [0.4, 0.5) is 5.69 Å². The Kier molecular flexibility index (Phi) is 4.95. The summed E-state index contributed by atoms with van der Waals surface area (Å²) in [4.78, 5) is 41.3. The van der Waals surface area contributed by atoms with Crippen LogP contribution in [0.25, 0.3) is 0 Å². The minimum absolute atomic E-state index is 0.0341. The zero-order valence-electron chi connectivity index (χ0n) is 11.8. The fraction of sp³-hybridized carbons (Fsp3) is 0.143. The van der Waals surface area contributed by atoms with Crippen molar-refractivity contribution < 1.29 is 9.59 Å². The van der Waals surface area contributed by atoms with Gasteiger partial charge in [-0.1, -0.05) is 0 Å². The van der Waals surface area contributed by atoms with Crippen LogP contribution in [0, 0.1) is 0 Å². The van der Waals surface area contributed by atoms with Crippen molar-refractivity contribution in [3.8, 4) is 0 Å². The molecule has 0 atom stereocenters. The quantitative estimate of drug-likeness (QED) is 0.759. The molecule has 8 heteroatoms. The number of aromatic amines is 1. The molecule has 2 amide bonds. The highest BCUT2D eigenvalue weighted by Gasteiger charge is 2.11. The lowest BCUT2D eigenvalue weighted by atomic mass is 10.2. The van der Waals surface area contributed by atoms with Crippen LogP contribution in [0.3, 0.4) is 0 Å². The highest BCUT2D eigenvalue weighted by molar-refractivity contribution is 7.97. The first kappa shape index (κ1) is 15.8. The number of nitrogens with zero attached hydrogens (tertiary/aromatic N) is 1. The van der Waals surface area contributed by atoms with Gasteiger partial charge in [0.25, 0.3) is 11.5 Å². The maximum Gasteiger partial charge on any atom is 0.274 e. The Labute approximate surface area is 130 Å². The molecule has 0 spiro atoms. The van der Waals surface area contributed by atoms with Crippen LogP contribution in [-0.4, -0.2) is 28.0 Å². The van der Waals surface area contributed by atoms with Crippen molar-refractivity contribution in [1.29, 1.82) is 0 Å². The van der Waals surface area contributed by atoms with Crippen LogP contribution in [0.2, 0.25) is 0 Å². The minimum Gasteiger partial charge on any atom is -0.366 e. The van der Waals surface area contributed by atoms with E-state index in [4.69, 9.17) is 5.73 Å². The van der Waals surface area contributed by atoms with Crippen molar-refractivity contribution in [2.75, 3.05) is 11.6 Å². The van der Waals surface area contributed by atoms with E-state index in [-0.39, 0.29) is 11.3 Å². The van der Waals surface area contributed by atoms with E-state index in [0.29, 0.717) is 22.8 Å². The molecule has 22 heavy (non-hydrogen) atoms. The Balaban J connectivity index is 2.18. The predicted octanol–water partition coefficient (Wildman–Crippen LogP) is 0.984. The van der Waals surface area contributed by atoms with Gasteiger partial charge in [-0.15, -0.1) is 0 Å². The van der Waals surface area contributed by atoms with Crippen LogP contribution >= 0.6 is 11.8 Å². The fourth-order valence-corrected chi connectivity index (χ4v) is 2.15. The number of benzene rings is 1. The van der Waals surface area contributed by atoms with Gasteiger partial charge in [0, 0.05) is 17.3 Å². The Hall–Kier alpha value is -2.61. The van der Waals surface area contributed by atoms with Crippen LogP contribution in [-0.2, 0) is 5.75 Å². The van der Waals surface area contributed by atoms with Crippen LogP contribution < -0.4 is 16.6 Å². The topological polar surface area (TPSA) is 118 Å². The van der Waals surface area contributed by atoms with E-state index in [1.807, 2.05) is 6.26 Å². The molecule has 4 N–H and O–H groups in total. The molecular formula is C14H14N4O3S. The second kappa shape index (κ2) is 6.90. The summed E-state index contributed by atoms with van der Waals surface area (Å²) in [6.07, 6.45) is 1.87. The molecule has 1 aromatic carbocycles. The van der Waals surface area contributed by atoms with Gasteiger partial charge >= 0.3 is 0 Å². The van der Waals surface area contributed by atoms with Crippen LogP contribution in [0.1, 0.15) is 26.7 Å². The highest BCUT2D eigenvalue weighted by atomic mass is 32.2. The molecule has 0 saturated heterocycles. The van der Waals surface area contributed by atoms with E-state index < -0.39 is 11.8 Å². The molecule has 0 saturated carbocycles. The molecule has 0 radical (unpaired) electrons. The van der Waals surface area contributed by atoms with Gasteiger partial charge in [-0.2, -0.15) is 11.8 Å². The lowest BCUT2D eigenvalue weighted by Gasteiger charge is -2.06. The number of amides is 2. The number of primary amides is 1. The first-order valence-corrected chi connectivity index (χ1v) is 7.69. The molecular weight excluding hydrogens is 304 g/mol. The standard InChI is InChI=1S/C14H14N4O3S/c1-22-7-11-17-10(6-12(19)18-11)14(21)16-9-4-2-8(3-5-9)13(15)20/h2-6H,7H2,1H3,(H2,15,20)(H,16,21)(H,17,18,19). The van der Waals surface area contributed by atoms with Gasteiger partial charge < -0.3 is 16.0 Å². The van der Waals surface area contributed by atoms with Crippen molar-refractivity contribution in [3.63, 3.8) is 0 Å². The van der Waals surface area contributed by atoms with Crippen molar-refractivity contribution in [1.82, 2.24) is 9.97 Å². The molecule has 0 aliphatic carbocycles. The highest BCUT2D eigenvalue weighted by Crippen LogP contribution is 2.10. The number of hydrogen-bond donors (Lipinski definition) is 3. The van der Waals surface area contributed by atoms with Gasteiger partial charge in [-0.3, -0.25) is 14.4 Å². The van der Waals surface area contributed by atoms with Crippen LogP contribution in [0.15, 0.2) is 35.1 Å². The van der Waals surface area contributed by atoms with E-state index in [2.05, 4.69) is 15.3 Å². The summed E-state index contributed by atoms with van der Waals surface area (Å²) in [7, 11) is 0. The van der Waals surface area contributed by atoms with Crippen molar-refractivity contribution >= 4 is 29.3 Å². The van der Waals surface area contributed by atoms with Gasteiger partial charge in [-0.05, 0) is 30.5 Å². The minimum atomic E-state index is -0.546. The number of H-pyrrole nitrogens is 1. The number of hydrogen-bond acceptors (Lipinski definition) is 5. The molecule has 0 aliphatic rings. The average molecular weight is 318 g/mol. The second-order valence-corrected chi connectivity index (χ2v) is 5.27. The fourth-order valence-electron chi connectivity index (χ4n) is 1.74. The number of aromatic nitrogens is 2. The zero-order chi connectivity index (χ0) is 16.1. The van der Waals surface area contributed by atoms with Gasteiger partial charge in [0.1, 0.15) is 11.5 Å². The van der Waals surface area contributed by atoms with E-state index in [9.17, 15) is 14.4 Å². The molecule has 1 aromatic heterocycles. The summed E-state index contributed by atoms with van der Waals surface area (Å²) < 4.78 is 0. The Morgan fingerprint density at radius 2 is 2.00 bits per heavy atom. The second-order valence-electron chi connectivity index (χ2n) is 4.41. The molecule has 7 nitrogen and oxygen atoms in total. The first-order valence-electron chi connectivity index (χ1n) is 6.30. The summed E-state index contributed by atoms with van der Waals surface area (Å²) in [5.74, 6) is -0.103. The third-order valence-electron chi connectivity index (χ3n) is 2.73. The Morgan fingerprint density at radius 3 is 2.59 bits per heavy atom. The largest absolute Gasteiger partial charge is 0.366 e. The van der Waals surface area contributed by atoms with E-state index in [1.165, 1.54) is 23.9 Å². The van der Waals surface area contributed by atoms with Crippen molar-refractivity contribution in [2.24, 2.45) is 5.73 Å². The number of nitrogens with two attached hydrogens (primary N) is 1. The number of rotatable bonds is 5. The van der Waals surface area contributed by atoms with Gasteiger partial charge in [0.05, 0.1) is 5.75 Å². The Bertz CT molecular complexity index is 755. The van der Waals surface area contributed by atoms with Gasteiger partial charge in [0.2, 0.25) is 5.91 Å². The molecule has 2 aromatic rings. The average Bonchev–Trinajstić information content (AvgIpc) is 2.47. The Morgan fingerprint density at radius 1 is 1.32 bits per heavy atom. The SMILES string of the molecule is CSCc1nc(C(=O)Nc2ccc(C(N)=O)cc2)cc(=O)[nH]1. The first-order chi connectivity index (χ1) is 10.5. The normalized spacial score (nSPS) is 10.2. The molecule has 0 bridgehead atoms. The number of carbonyl (C=O) groups is 2. The third-order valence-corrected chi connectivity index (χ3v) is 3.29. The lowest BCUT2D eigenvalue weighted by molar-refractivity contribution is 0.0998. The van der Waals surface area contributed by atoms with Crippen molar-refractivity contribution in [3.05, 3.63) is 57.8 Å². The molecule has 1 heterocycles. The maximum atomic E-state index is 12.1. The molecule has 2 rings (SSSR count). The number of nitrogens with one attached hydrogen (secondary N) is 2. The zero-order valence-corrected chi connectivity index (χ0v) is 12.6. The summed E-state index contributed by atoms with van der Waals surface area (Å²) in [5, 5.41) is 2.61. The summed E-state index contributed by atoms with van der Waals surface area (Å²) >= 11 is 1.48. The summed E-state index contributed by atoms with van der Waals surface area (Å²) in [6.45, 7) is 0. The number of anilines is 1. The number of carbonyl (C=O) groups excluding carboxylic acids is 2. The van der Waals surface area contributed by atoms with E-state index in [0.717, 1.165) is 6.07 Å². The molecule has 0 unspecified atom stereocenters. The third kappa shape index (κ3) is 3.95. The maximum absolute atomic E-state index is 12.1. The van der Waals surface area contributed by atoms with E-state index >= 15 is 0 Å². The summed E-state index contributed by atoms with van der Waals surface area (Å²) in [6, 6.07) is 7.24. The molecule has 0 aliphatic heterocycles. The molecule has 114 valence electrons. The van der Waals surface area contributed by atoms with Gasteiger partial charge in [-0.25, -0.2) is 4.98 Å². The lowest BCUT2D eigenvalue weighted by Crippen LogP contribution is -2.20. The monoisotopic (exact) mass is 318 g/mol. The van der Waals surface area contributed by atoms with Crippen molar-refractivity contribution in [2.45, 2.75) is 5.75 Å². The van der Waals surface area contributed by atoms with E-state index in [1.54, 1.807) is 12.1 Å². The molecule has 0 fully saturated rings. The van der Waals surface area contributed by atoms with Crippen LogP contribution in [0.5, 0.6) is 0 Å².